The summed E-state index contributed by atoms with van der Waals surface area (Å²) in [5.41, 5.74) is 7.85. The monoisotopic (exact) mass is 238 g/mol. The van der Waals surface area contributed by atoms with E-state index in [0.29, 0.717) is 6.42 Å². The smallest absolute Gasteiger partial charge is 0.0968 e. The Labute approximate surface area is 86.5 Å². The molecule has 0 aliphatic rings. The summed E-state index contributed by atoms with van der Waals surface area (Å²) in [6, 6.07) is 7.62. The van der Waals surface area contributed by atoms with Gasteiger partial charge in [0.15, 0.2) is 0 Å². The highest BCUT2D eigenvalue weighted by molar-refractivity contribution is 9.10. The van der Waals surface area contributed by atoms with Gasteiger partial charge in [-0.1, -0.05) is 22.0 Å². The van der Waals surface area contributed by atoms with Crippen LogP contribution in [0, 0.1) is 18.3 Å². The molecule has 0 aliphatic heterocycles. The number of nitrogens with zero attached hydrogens (tertiary/aromatic N) is 1. The summed E-state index contributed by atoms with van der Waals surface area (Å²) in [4.78, 5) is 0. The molecule has 3 heteroatoms. The minimum atomic E-state index is -0.409. The summed E-state index contributed by atoms with van der Waals surface area (Å²) >= 11 is 3.38. The van der Waals surface area contributed by atoms with E-state index in [1.807, 2.05) is 31.2 Å². The SMILES string of the molecule is Cc1ccc(Br)cc1CC(N)C#N. The zero-order valence-electron chi connectivity index (χ0n) is 7.42. The molecule has 0 saturated heterocycles. The highest BCUT2D eigenvalue weighted by Gasteiger charge is 2.04. The van der Waals surface area contributed by atoms with Crippen LogP contribution in [0.15, 0.2) is 22.7 Å². The summed E-state index contributed by atoms with van der Waals surface area (Å²) in [5, 5.41) is 8.57. The van der Waals surface area contributed by atoms with E-state index in [0.717, 1.165) is 10.0 Å². The number of rotatable bonds is 2. The normalized spacial score (nSPS) is 12.2. The van der Waals surface area contributed by atoms with Crippen molar-refractivity contribution in [2.45, 2.75) is 19.4 Å². The molecule has 0 fully saturated rings. The van der Waals surface area contributed by atoms with Crippen LogP contribution in [0.4, 0.5) is 0 Å². The summed E-state index contributed by atoms with van der Waals surface area (Å²) in [6.07, 6.45) is 0.613. The van der Waals surface area contributed by atoms with E-state index in [2.05, 4.69) is 15.9 Å². The molecular weight excluding hydrogens is 228 g/mol. The molecule has 0 radical (unpaired) electrons. The zero-order chi connectivity index (χ0) is 9.84. The zero-order valence-corrected chi connectivity index (χ0v) is 9.01. The van der Waals surface area contributed by atoms with Gasteiger partial charge in [-0.3, -0.25) is 0 Å². The van der Waals surface area contributed by atoms with Crippen molar-refractivity contribution in [3.05, 3.63) is 33.8 Å². The van der Waals surface area contributed by atoms with Crippen molar-refractivity contribution in [1.82, 2.24) is 0 Å². The van der Waals surface area contributed by atoms with Crippen molar-refractivity contribution in [1.29, 1.82) is 5.26 Å². The van der Waals surface area contributed by atoms with Crippen LogP contribution in [0.3, 0.4) is 0 Å². The van der Waals surface area contributed by atoms with E-state index in [9.17, 15) is 0 Å². The molecule has 1 atom stereocenters. The van der Waals surface area contributed by atoms with Crippen LogP contribution < -0.4 is 5.73 Å². The summed E-state index contributed by atoms with van der Waals surface area (Å²) in [6.45, 7) is 2.02. The number of halogens is 1. The highest BCUT2D eigenvalue weighted by Crippen LogP contribution is 2.16. The molecule has 2 nitrogen and oxygen atoms in total. The van der Waals surface area contributed by atoms with E-state index in [4.69, 9.17) is 11.0 Å². The molecule has 0 saturated carbocycles. The van der Waals surface area contributed by atoms with Gasteiger partial charge in [-0.05, 0) is 30.2 Å². The number of nitriles is 1. The molecule has 0 heterocycles. The van der Waals surface area contributed by atoms with Gasteiger partial charge < -0.3 is 5.73 Å². The van der Waals surface area contributed by atoms with E-state index in [-0.39, 0.29) is 0 Å². The molecule has 2 N–H and O–H groups in total. The first-order valence-corrected chi connectivity index (χ1v) is 4.83. The third-order valence-electron chi connectivity index (χ3n) is 1.92. The molecule has 0 aromatic heterocycles. The molecule has 1 rings (SSSR count). The summed E-state index contributed by atoms with van der Waals surface area (Å²) in [5.74, 6) is 0. The van der Waals surface area contributed by atoms with Gasteiger partial charge in [-0.15, -0.1) is 0 Å². The molecule has 68 valence electrons. The van der Waals surface area contributed by atoms with Gasteiger partial charge in [-0.2, -0.15) is 5.26 Å². The van der Waals surface area contributed by atoms with Gasteiger partial charge in [0.2, 0.25) is 0 Å². The second-order valence-corrected chi connectivity index (χ2v) is 3.93. The van der Waals surface area contributed by atoms with Crippen LogP contribution in [0.1, 0.15) is 11.1 Å². The maximum absolute atomic E-state index is 8.57. The second kappa shape index (κ2) is 4.40. The first-order chi connectivity index (χ1) is 6.13. The van der Waals surface area contributed by atoms with Gasteiger partial charge in [0.25, 0.3) is 0 Å². The lowest BCUT2D eigenvalue weighted by Crippen LogP contribution is -2.20. The fourth-order valence-electron chi connectivity index (χ4n) is 1.14. The minimum absolute atomic E-state index is 0.409. The van der Waals surface area contributed by atoms with E-state index in [1.165, 1.54) is 5.56 Å². The fraction of sp³-hybridized carbons (Fsp3) is 0.300. The lowest BCUT2D eigenvalue weighted by molar-refractivity contribution is 0.817. The van der Waals surface area contributed by atoms with Crippen molar-refractivity contribution in [2.24, 2.45) is 5.73 Å². The van der Waals surface area contributed by atoms with E-state index >= 15 is 0 Å². The summed E-state index contributed by atoms with van der Waals surface area (Å²) in [7, 11) is 0. The Morgan fingerprint density at radius 2 is 2.31 bits per heavy atom. The summed E-state index contributed by atoms with van der Waals surface area (Å²) < 4.78 is 1.03. The van der Waals surface area contributed by atoms with Crippen LogP contribution in [0.5, 0.6) is 0 Å². The Kier molecular flexibility index (Phi) is 3.47. The molecule has 0 amide bonds. The average Bonchev–Trinajstić information content (AvgIpc) is 2.11. The Morgan fingerprint density at radius 3 is 2.92 bits per heavy atom. The van der Waals surface area contributed by atoms with Gasteiger partial charge in [0, 0.05) is 10.9 Å². The highest BCUT2D eigenvalue weighted by atomic mass is 79.9. The minimum Gasteiger partial charge on any atom is -0.316 e. The van der Waals surface area contributed by atoms with E-state index in [1.54, 1.807) is 0 Å². The van der Waals surface area contributed by atoms with Crippen LogP contribution in [-0.2, 0) is 6.42 Å². The van der Waals surface area contributed by atoms with Crippen molar-refractivity contribution in [2.75, 3.05) is 0 Å². The number of benzene rings is 1. The quantitative estimate of drug-likeness (QED) is 0.859. The van der Waals surface area contributed by atoms with Crippen molar-refractivity contribution >= 4 is 15.9 Å². The third-order valence-corrected chi connectivity index (χ3v) is 2.41. The molecule has 0 aliphatic carbocycles. The van der Waals surface area contributed by atoms with Crippen molar-refractivity contribution in [3.63, 3.8) is 0 Å². The van der Waals surface area contributed by atoms with Crippen LogP contribution >= 0.6 is 15.9 Å². The first kappa shape index (κ1) is 10.2. The van der Waals surface area contributed by atoms with Crippen molar-refractivity contribution in [3.8, 4) is 6.07 Å². The molecule has 0 spiro atoms. The molecule has 0 bridgehead atoms. The lowest BCUT2D eigenvalue weighted by atomic mass is 10.0. The average molecular weight is 239 g/mol. The maximum atomic E-state index is 8.57. The largest absolute Gasteiger partial charge is 0.316 e. The predicted molar refractivity (Wildman–Crippen MR) is 56.2 cm³/mol. The van der Waals surface area contributed by atoms with Gasteiger partial charge >= 0.3 is 0 Å². The van der Waals surface area contributed by atoms with E-state index < -0.39 is 6.04 Å². The van der Waals surface area contributed by atoms with Crippen LogP contribution in [0.25, 0.3) is 0 Å². The maximum Gasteiger partial charge on any atom is 0.0968 e. The Bertz CT molecular complexity index is 341. The molecule has 13 heavy (non-hydrogen) atoms. The Balaban J connectivity index is 2.88. The molecule has 1 unspecified atom stereocenters. The van der Waals surface area contributed by atoms with Crippen LogP contribution in [-0.4, -0.2) is 6.04 Å². The number of aryl methyl sites for hydroxylation is 1. The molecule has 1 aromatic carbocycles. The van der Waals surface area contributed by atoms with Crippen LogP contribution in [0.2, 0.25) is 0 Å². The fourth-order valence-corrected chi connectivity index (χ4v) is 1.55. The first-order valence-electron chi connectivity index (χ1n) is 4.03. The topological polar surface area (TPSA) is 49.8 Å². The van der Waals surface area contributed by atoms with Gasteiger partial charge in [0.1, 0.15) is 0 Å². The number of hydrogen-bond acceptors (Lipinski definition) is 2. The lowest BCUT2D eigenvalue weighted by Gasteiger charge is -2.07. The van der Waals surface area contributed by atoms with Gasteiger partial charge in [-0.25, -0.2) is 0 Å². The van der Waals surface area contributed by atoms with Crippen molar-refractivity contribution < 1.29 is 0 Å². The molecular formula is C10H11BrN2. The Hall–Kier alpha value is -0.850. The number of nitrogens with two attached hydrogens (primary N) is 1. The standard InChI is InChI=1S/C10H11BrN2/c1-7-2-3-9(11)4-8(7)5-10(13)6-12/h2-4,10H,5,13H2,1H3. The predicted octanol–water partition coefficient (Wildman–Crippen LogP) is 2.15. The van der Waals surface area contributed by atoms with Gasteiger partial charge in [0.05, 0.1) is 12.1 Å². The third kappa shape index (κ3) is 2.83. The number of hydrogen-bond donors (Lipinski definition) is 1. The Morgan fingerprint density at radius 1 is 1.62 bits per heavy atom. The molecule has 1 aromatic rings. The second-order valence-electron chi connectivity index (χ2n) is 3.01.